The molecule has 0 aliphatic heterocycles. The number of aryl methyl sites for hydroxylation is 2. The first-order chi connectivity index (χ1) is 11.4. The van der Waals surface area contributed by atoms with Crippen molar-refractivity contribution in [3.63, 3.8) is 0 Å². The van der Waals surface area contributed by atoms with Gasteiger partial charge >= 0.3 is 0 Å². The molecule has 2 rings (SSSR count). The molecule has 0 aromatic heterocycles. The number of carbonyl (C=O) groups excluding carboxylic acids is 1. The Morgan fingerprint density at radius 1 is 1.08 bits per heavy atom. The summed E-state index contributed by atoms with van der Waals surface area (Å²) in [5.74, 6) is 1.28. The Balaban J connectivity index is 2.03. The van der Waals surface area contributed by atoms with Crippen LogP contribution in [0.25, 0.3) is 0 Å². The van der Waals surface area contributed by atoms with Gasteiger partial charge in [-0.05, 0) is 54.8 Å². The number of methoxy groups -OCH3 is 2. The number of carbonyl (C=O) groups is 1. The van der Waals surface area contributed by atoms with Gasteiger partial charge in [0, 0.05) is 21.1 Å². The quantitative estimate of drug-likeness (QED) is 0.657. The van der Waals surface area contributed by atoms with Crippen LogP contribution in [0.5, 0.6) is 11.5 Å². The molecule has 1 N–H and O–H groups in total. The zero-order valence-corrected chi connectivity index (χ0v) is 17.0. The molecule has 0 bridgehead atoms. The van der Waals surface area contributed by atoms with E-state index in [0.717, 1.165) is 25.8 Å². The molecular weight excluding hydrogens is 438 g/mol. The average molecular weight is 457 g/mol. The first-order valence-electron chi connectivity index (χ1n) is 7.41. The van der Waals surface area contributed by atoms with E-state index in [1.165, 1.54) is 0 Å². The van der Waals surface area contributed by atoms with Gasteiger partial charge < -0.3 is 14.8 Å². The summed E-state index contributed by atoms with van der Waals surface area (Å²) in [7, 11) is 3.19. The Bertz CT molecular complexity index is 747. The molecule has 0 radical (unpaired) electrons. The third-order valence-electron chi connectivity index (χ3n) is 3.64. The second-order valence-electron chi connectivity index (χ2n) is 5.31. The molecule has 2 aromatic rings. The highest BCUT2D eigenvalue weighted by atomic mass is 79.9. The van der Waals surface area contributed by atoms with Gasteiger partial charge in [-0.3, -0.25) is 4.79 Å². The Labute approximate surface area is 158 Å². The standard InChI is InChI=1S/C18H19Br2NO3/c1-11-8-13(19)5-6-15(11)21-18(22)7-4-12-9-16(23-2)17(24-3)10-14(12)20/h5-6,8-10H,4,7H2,1-3H3,(H,21,22). The summed E-state index contributed by atoms with van der Waals surface area (Å²) in [6.45, 7) is 1.96. The summed E-state index contributed by atoms with van der Waals surface area (Å²) >= 11 is 6.93. The minimum atomic E-state index is -0.0258. The maximum atomic E-state index is 12.2. The third kappa shape index (κ3) is 4.74. The topological polar surface area (TPSA) is 47.6 Å². The van der Waals surface area contributed by atoms with E-state index in [1.54, 1.807) is 14.2 Å². The van der Waals surface area contributed by atoms with Gasteiger partial charge in [0.15, 0.2) is 11.5 Å². The Hall–Kier alpha value is -1.53. The predicted octanol–water partition coefficient (Wildman–Crippen LogP) is 5.11. The largest absolute Gasteiger partial charge is 0.493 e. The Morgan fingerprint density at radius 2 is 1.75 bits per heavy atom. The molecule has 0 atom stereocenters. The highest BCUT2D eigenvalue weighted by Gasteiger charge is 2.12. The number of amides is 1. The number of rotatable bonds is 6. The summed E-state index contributed by atoms with van der Waals surface area (Å²) in [4.78, 5) is 12.2. The van der Waals surface area contributed by atoms with Gasteiger partial charge in [0.25, 0.3) is 0 Å². The number of nitrogens with one attached hydrogen (secondary N) is 1. The van der Waals surface area contributed by atoms with Crippen molar-refractivity contribution in [2.75, 3.05) is 19.5 Å². The molecule has 0 saturated heterocycles. The molecule has 6 heteroatoms. The lowest BCUT2D eigenvalue weighted by Gasteiger charge is -2.12. The highest BCUT2D eigenvalue weighted by Crippen LogP contribution is 2.33. The molecule has 24 heavy (non-hydrogen) atoms. The molecule has 0 spiro atoms. The molecule has 0 aliphatic carbocycles. The van der Waals surface area contributed by atoms with E-state index in [4.69, 9.17) is 9.47 Å². The summed E-state index contributed by atoms with van der Waals surface area (Å²) in [6.07, 6.45) is 0.978. The van der Waals surface area contributed by atoms with E-state index in [1.807, 2.05) is 37.3 Å². The van der Waals surface area contributed by atoms with E-state index in [-0.39, 0.29) is 5.91 Å². The van der Waals surface area contributed by atoms with Crippen molar-refractivity contribution < 1.29 is 14.3 Å². The molecule has 0 aliphatic rings. The number of anilines is 1. The van der Waals surface area contributed by atoms with Crippen LogP contribution in [-0.2, 0) is 11.2 Å². The van der Waals surface area contributed by atoms with Crippen molar-refractivity contribution in [3.05, 3.63) is 50.4 Å². The Morgan fingerprint density at radius 3 is 2.38 bits per heavy atom. The summed E-state index contributed by atoms with van der Waals surface area (Å²) in [6, 6.07) is 9.52. The van der Waals surface area contributed by atoms with Gasteiger partial charge in [-0.2, -0.15) is 0 Å². The monoisotopic (exact) mass is 455 g/mol. The third-order valence-corrected chi connectivity index (χ3v) is 4.87. The van der Waals surface area contributed by atoms with Crippen LogP contribution in [0.3, 0.4) is 0 Å². The van der Waals surface area contributed by atoms with E-state index in [9.17, 15) is 4.79 Å². The predicted molar refractivity (Wildman–Crippen MR) is 103 cm³/mol. The van der Waals surface area contributed by atoms with Crippen LogP contribution in [0.15, 0.2) is 39.3 Å². The minimum Gasteiger partial charge on any atom is -0.493 e. The average Bonchev–Trinajstić information content (AvgIpc) is 2.56. The fourth-order valence-corrected chi connectivity index (χ4v) is 3.31. The van der Waals surface area contributed by atoms with Crippen LogP contribution >= 0.6 is 31.9 Å². The first kappa shape index (κ1) is 18.8. The minimum absolute atomic E-state index is 0.0258. The smallest absolute Gasteiger partial charge is 0.224 e. The highest BCUT2D eigenvalue weighted by molar-refractivity contribution is 9.10. The van der Waals surface area contributed by atoms with Crippen LogP contribution in [0, 0.1) is 6.92 Å². The Kier molecular flexibility index (Phi) is 6.69. The van der Waals surface area contributed by atoms with Crippen molar-refractivity contribution in [1.29, 1.82) is 0 Å². The summed E-state index contributed by atoms with van der Waals surface area (Å²) < 4.78 is 12.5. The van der Waals surface area contributed by atoms with Crippen LogP contribution in [0.4, 0.5) is 5.69 Å². The normalized spacial score (nSPS) is 10.4. The van der Waals surface area contributed by atoms with Gasteiger partial charge in [0.2, 0.25) is 5.91 Å². The lowest BCUT2D eigenvalue weighted by atomic mass is 10.1. The first-order valence-corrected chi connectivity index (χ1v) is 8.99. The fourth-order valence-electron chi connectivity index (χ4n) is 2.32. The lowest BCUT2D eigenvalue weighted by molar-refractivity contribution is -0.116. The van der Waals surface area contributed by atoms with Crippen molar-refractivity contribution in [1.82, 2.24) is 0 Å². The molecule has 4 nitrogen and oxygen atoms in total. The summed E-state index contributed by atoms with van der Waals surface area (Å²) in [5.41, 5.74) is 2.84. The van der Waals surface area contributed by atoms with Crippen molar-refractivity contribution >= 4 is 43.5 Å². The fraction of sp³-hybridized carbons (Fsp3) is 0.278. The van der Waals surface area contributed by atoms with Gasteiger partial charge in [-0.25, -0.2) is 0 Å². The zero-order chi connectivity index (χ0) is 17.7. The molecule has 2 aromatic carbocycles. The van der Waals surface area contributed by atoms with Crippen molar-refractivity contribution in [2.24, 2.45) is 0 Å². The van der Waals surface area contributed by atoms with Crippen LogP contribution in [0.2, 0.25) is 0 Å². The van der Waals surface area contributed by atoms with Crippen molar-refractivity contribution in [3.8, 4) is 11.5 Å². The van der Waals surface area contributed by atoms with E-state index in [2.05, 4.69) is 37.2 Å². The maximum absolute atomic E-state index is 12.2. The lowest BCUT2D eigenvalue weighted by Crippen LogP contribution is -2.13. The maximum Gasteiger partial charge on any atom is 0.224 e. The molecule has 1 amide bonds. The van der Waals surface area contributed by atoms with Gasteiger partial charge in [0.1, 0.15) is 0 Å². The summed E-state index contributed by atoms with van der Waals surface area (Å²) in [5, 5.41) is 2.95. The van der Waals surface area contributed by atoms with E-state index >= 15 is 0 Å². The van der Waals surface area contributed by atoms with E-state index in [0.29, 0.717) is 24.3 Å². The van der Waals surface area contributed by atoms with Gasteiger partial charge in [-0.1, -0.05) is 31.9 Å². The molecule has 128 valence electrons. The molecule has 0 fully saturated rings. The molecule has 0 unspecified atom stereocenters. The molecular formula is C18H19Br2NO3. The van der Waals surface area contributed by atoms with Gasteiger partial charge in [-0.15, -0.1) is 0 Å². The van der Waals surface area contributed by atoms with Gasteiger partial charge in [0.05, 0.1) is 14.2 Å². The number of ether oxygens (including phenoxy) is 2. The number of hydrogen-bond acceptors (Lipinski definition) is 3. The second-order valence-corrected chi connectivity index (χ2v) is 7.08. The molecule has 0 heterocycles. The second kappa shape index (κ2) is 8.53. The zero-order valence-electron chi connectivity index (χ0n) is 13.8. The SMILES string of the molecule is COc1cc(Br)c(CCC(=O)Nc2ccc(Br)cc2C)cc1OC. The number of hydrogen-bond donors (Lipinski definition) is 1. The van der Waals surface area contributed by atoms with Crippen LogP contribution in [0.1, 0.15) is 17.5 Å². The van der Waals surface area contributed by atoms with Crippen LogP contribution in [-0.4, -0.2) is 20.1 Å². The number of halogens is 2. The number of benzene rings is 2. The van der Waals surface area contributed by atoms with Crippen LogP contribution < -0.4 is 14.8 Å². The van der Waals surface area contributed by atoms with E-state index < -0.39 is 0 Å². The van der Waals surface area contributed by atoms with Crippen molar-refractivity contribution in [2.45, 2.75) is 19.8 Å². The molecule has 0 saturated carbocycles.